The summed E-state index contributed by atoms with van der Waals surface area (Å²) in [6.07, 6.45) is -6.32. The highest BCUT2D eigenvalue weighted by Crippen LogP contribution is 2.49. The van der Waals surface area contributed by atoms with Gasteiger partial charge < -0.3 is 54.8 Å². The number of ketones is 2. The quantitative estimate of drug-likeness (QED) is 0.158. The zero-order valence-electron chi connectivity index (χ0n) is 28.7. The fraction of sp³-hybridized carbons (Fsp3) is 0.289. The summed E-state index contributed by atoms with van der Waals surface area (Å²) < 4.78 is 24.3. The molecule has 55 heavy (non-hydrogen) atoms. The van der Waals surface area contributed by atoms with Crippen molar-refractivity contribution in [3.63, 3.8) is 0 Å². The topological polar surface area (TPSA) is 252 Å². The SMILES string of the molecule is NC1=NC(=O)C2=NCN(c3ccccc3[C@@H]3/C=C\OC[C@@H]4O[C@H](Oc5c3cc3c(c5OC[C@H](O)CC=O)C(=O)c5ccccc5C3=O)[C@@H](O)[C@H](O)[C@H]4O)C2=N1. The molecule has 1 aliphatic carbocycles. The monoisotopic (exact) mass is 751 g/mol. The van der Waals surface area contributed by atoms with Gasteiger partial charge in [0.05, 0.1) is 17.9 Å². The maximum atomic E-state index is 14.3. The van der Waals surface area contributed by atoms with Crippen molar-refractivity contribution in [3.8, 4) is 11.5 Å². The molecule has 4 aliphatic heterocycles. The molecule has 0 unspecified atom stereocenters. The van der Waals surface area contributed by atoms with E-state index in [-0.39, 0.29) is 76.5 Å². The Labute approximate surface area is 311 Å². The van der Waals surface area contributed by atoms with Gasteiger partial charge in [-0.2, -0.15) is 9.98 Å². The Morgan fingerprint density at radius 1 is 0.945 bits per heavy atom. The molecule has 0 radical (unpaired) electrons. The number of carbonyl (C=O) groups excluding carboxylic acids is 4. The number of aliphatic imine (C=N–C) groups is 3. The van der Waals surface area contributed by atoms with Gasteiger partial charge in [0.1, 0.15) is 50.6 Å². The van der Waals surface area contributed by atoms with Crippen LogP contribution >= 0.6 is 0 Å². The minimum Gasteiger partial charge on any atom is -0.499 e. The van der Waals surface area contributed by atoms with E-state index in [0.717, 1.165) is 0 Å². The Kier molecular flexibility index (Phi) is 9.32. The fourth-order valence-electron chi connectivity index (χ4n) is 7.16. The number of para-hydroxylation sites is 1. The summed E-state index contributed by atoms with van der Waals surface area (Å²) >= 11 is 0. The molecule has 3 aromatic rings. The second-order valence-corrected chi connectivity index (χ2v) is 13.2. The molecule has 2 bridgehead atoms. The number of aldehydes is 1. The predicted molar refractivity (Wildman–Crippen MR) is 191 cm³/mol. The lowest BCUT2D eigenvalue weighted by molar-refractivity contribution is -0.277. The lowest BCUT2D eigenvalue weighted by Gasteiger charge is -2.40. The van der Waals surface area contributed by atoms with Crippen molar-refractivity contribution in [2.75, 3.05) is 24.8 Å². The van der Waals surface area contributed by atoms with Crippen molar-refractivity contribution in [2.24, 2.45) is 20.7 Å². The van der Waals surface area contributed by atoms with Crippen molar-refractivity contribution in [1.82, 2.24) is 0 Å². The summed E-state index contributed by atoms with van der Waals surface area (Å²) in [5.41, 5.74) is 6.95. The van der Waals surface area contributed by atoms with E-state index in [0.29, 0.717) is 17.5 Å². The highest BCUT2D eigenvalue weighted by atomic mass is 16.7. The molecule has 1 amide bonds. The summed E-state index contributed by atoms with van der Waals surface area (Å²) in [5, 5.41) is 43.4. The molecule has 3 aromatic carbocycles. The Morgan fingerprint density at radius 2 is 1.69 bits per heavy atom. The number of allylic oxidation sites excluding steroid dienone is 1. The molecule has 4 heterocycles. The third-order valence-electron chi connectivity index (χ3n) is 9.85. The molecular formula is C38H33N5O12. The lowest BCUT2D eigenvalue weighted by Crippen LogP contribution is -2.60. The van der Waals surface area contributed by atoms with Crippen LogP contribution in [-0.2, 0) is 19.1 Å². The van der Waals surface area contributed by atoms with Crippen LogP contribution in [0.2, 0.25) is 0 Å². The van der Waals surface area contributed by atoms with Crippen LogP contribution in [0.3, 0.4) is 0 Å². The van der Waals surface area contributed by atoms with Crippen LogP contribution < -0.4 is 20.1 Å². The first-order valence-electron chi connectivity index (χ1n) is 17.2. The van der Waals surface area contributed by atoms with E-state index in [1.165, 1.54) is 24.5 Å². The summed E-state index contributed by atoms with van der Waals surface area (Å²) in [7, 11) is 0. The zero-order valence-corrected chi connectivity index (χ0v) is 28.7. The predicted octanol–water partition coefficient (Wildman–Crippen LogP) is 0.125. The molecule has 0 saturated carbocycles. The van der Waals surface area contributed by atoms with Crippen molar-refractivity contribution < 1.29 is 58.6 Å². The number of aliphatic hydroxyl groups excluding tert-OH is 4. The van der Waals surface area contributed by atoms with Gasteiger partial charge in [-0.1, -0.05) is 42.5 Å². The molecular weight excluding hydrogens is 718 g/mol. The largest absolute Gasteiger partial charge is 0.499 e. The fourth-order valence-corrected chi connectivity index (χ4v) is 7.16. The highest BCUT2D eigenvalue weighted by molar-refractivity contribution is 6.72. The number of carbonyl (C=O) groups is 4. The summed E-state index contributed by atoms with van der Waals surface area (Å²) in [4.78, 5) is 66.6. The van der Waals surface area contributed by atoms with Crippen LogP contribution in [0.1, 0.15) is 55.3 Å². The normalized spacial score (nSPS) is 26.7. The molecule has 0 aromatic heterocycles. The average Bonchev–Trinajstić information content (AvgIpc) is 3.60. The number of amides is 1. The first kappa shape index (κ1) is 35.9. The lowest BCUT2D eigenvalue weighted by atomic mass is 9.79. The summed E-state index contributed by atoms with van der Waals surface area (Å²) in [6, 6.07) is 14.7. The van der Waals surface area contributed by atoms with E-state index >= 15 is 0 Å². The van der Waals surface area contributed by atoms with Crippen molar-refractivity contribution in [2.45, 2.75) is 49.1 Å². The number of nitrogens with two attached hydrogens (primary N) is 1. The van der Waals surface area contributed by atoms with Gasteiger partial charge in [-0.05, 0) is 23.8 Å². The second-order valence-electron chi connectivity index (χ2n) is 13.2. The standard InChI is InChI=1S/C38H33N5O12/c39-38-41-35-27(36(51)42-38)40-16-43(35)24-8-4-3-5-19(24)18-10-12-52-15-25-30(48)31(49)32(50)37(54-25)55-33-22(18)13-23-26(34(33)53-14-17(45)9-11-44)29(47)21-7-2-1-6-20(21)28(23)46/h1-8,10-13,17-18,25,30-32,37,45,48-50H,9,14-16H2,(H2,39,42,51)/b12-10-/t17-,18+,25+,30+,31-,32+,37-/m1/s1. The number of ether oxygens (including phenoxy) is 4. The molecule has 0 spiro atoms. The van der Waals surface area contributed by atoms with E-state index in [9.17, 15) is 39.6 Å². The Balaban J connectivity index is 1.38. The number of hydrogen-bond donors (Lipinski definition) is 5. The molecule has 282 valence electrons. The number of rotatable bonds is 7. The van der Waals surface area contributed by atoms with Gasteiger partial charge in [0.25, 0.3) is 0 Å². The first-order chi connectivity index (χ1) is 26.6. The maximum Gasteiger partial charge on any atom is 0.302 e. The van der Waals surface area contributed by atoms with E-state index in [1.54, 1.807) is 47.4 Å². The number of hydrogen-bond acceptors (Lipinski definition) is 16. The number of amidine groups is 1. The van der Waals surface area contributed by atoms with E-state index < -0.39 is 66.8 Å². The number of aliphatic hydroxyl groups is 4. The van der Waals surface area contributed by atoms with Crippen LogP contribution in [0, 0.1) is 0 Å². The van der Waals surface area contributed by atoms with Gasteiger partial charge in [0.2, 0.25) is 12.2 Å². The number of nitrogens with zero attached hydrogens (tertiary/aromatic N) is 4. The van der Waals surface area contributed by atoms with E-state index in [4.69, 9.17) is 24.7 Å². The molecule has 1 saturated heterocycles. The summed E-state index contributed by atoms with van der Waals surface area (Å²) in [5.74, 6) is -3.40. The third kappa shape index (κ3) is 6.17. The molecule has 5 aliphatic rings. The smallest absolute Gasteiger partial charge is 0.302 e. The van der Waals surface area contributed by atoms with Gasteiger partial charge in [-0.15, -0.1) is 0 Å². The molecule has 17 heteroatoms. The first-order valence-corrected chi connectivity index (χ1v) is 17.2. The van der Waals surface area contributed by atoms with Crippen LogP contribution in [0.4, 0.5) is 5.69 Å². The van der Waals surface area contributed by atoms with Crippen molar-refractivity contribution in [3.05, 3.63) is 100 Å². The van der Waals surface area contributed by atoms with E-state index in [1.807, 2.05) is 0 Å². The second kappa shape index (κ2) is 14.3. The van der Waals surface area contributed by atoms with Gasteiger partial charge in [-0.3, -0.25) is 19.4 Å². The van der Waals surface area contributed by atoms with Gasteiger partial charge in [-0.25, -0.2) is 0 Å². The maximum absolute atomic E-state index is 14.3. The third-order valence-corrected chi connectivity index (χ3v) is 9.85. The molecule has 1 fully saturated rings. The Morgan fingerprint density at radius 3 is 2.47 bits per heavy atom. The Bertz CT molecular complexity index is 2250. The molecule has 17 nitrogen and oxygen atoms in total. The van der Waals surface area contributed by atoms with Crippen molar-refractivity contribution in [1.29, 1.82) is 0 Å². The van der Waals surface area contributed by atoms with Crippen LogP contribution in [0.15, 0.2) is 81.9 Å². The van der Waals surface area contributed by atoms with Gasteiger partial charge >= 0.3 is 5.91 Å². The number of benzene rings is 3. The van der Waals surface area contributed by atoms with Gasteiger partial charge in [0.15, 0.2) is 34.6 Å². The average molecular weight is 752 g/mol. The molecule has 7 atom stereocenters. The van der Waals surface area contributed by atoms with Crippen LogP contribution in [-0.4, -0.2) is 118 Å². The number of fused-ring (bicyclic) bond motifs is 6. The molecule has 8 rings (SSSR count). The van der Waals surface area contributed by atoms with Crippen LogP contribution in [0.5, 0.6) is 11.5 Å². The highest BCUT2D eigenvalue weighted by Gasteiger charge is 2.47. The van der Waals surface area contributed by atoms with Gasteiger partial charge in [0, 0.05) is 40.3 Å². The minimum atomic E-state index is -1.84. The van der Waals surface area contributed by atoms with Crippen molar-refractivity contribution >= 4 is 47.0 Å². The van der Waals surface area contributed by atoms with E-state index in [2.05, 4.69) is 15.0 Å². The number of anilines is 1. The minimum absolute atomic E-state index is 0.00555. The Hall–Kier alpha value is -6.11. The zero-order chi connectivity index (χ0) is 38.5. The summed E-state index contributed by atoms with van der Waals surface area (Å²) in [6.45, 7) is -0.861. The number of guanidine groups is 1. The molecule has 6 N–H and O–H groups in total. The van der Waals surface area contributed by atoms with Crippen LogP contribution in [0.25, 0.3) is 0 Å².